The van der Waals surface area contributed by atoms with Crippen molar-refractivity contribution < 1.29 is 18.0 Å². The van der Waals surface area contributed by atoms with Crippen molar-refractivity contribution in [1.29, 1.82) is 0 Å². The van der Waals surface area contributed by atoms with E-state index >= 15 is 0 Å². The molecule has 1 N–H and O–H groups in total. The zero-order chi connectivity index (χ0) is 10.3. The first-order valence-electron chi connectivity index (χ1n) is 4.80. The molecule has 14 heavy (non-hydrogen) atoms. The molecule has 0 saturated heterocycles. The molecule has 2 saturated carbocycles. The number of alkyl halides is 3. The van der Waals surface area contributed by atoms with Crippen molar-refractivity contribution in [3.63, 3.8) is 0 Å². The van der Waals surface area contributed by atoms with Gasteiger partial charge in [0, 0.05) is 5.92 Å². The molecule has 2 unspecified atom stereocenters. The Bertz CT molecular complexity index is 241. The van der Waals surface area contributed by atoms with Gasteiger partial charge in [0.1, 0.15) is 6.54 Å². The standard InChI is InChI=1S/C9H12F3NO/c10-9(11,12)4-13-8(14)7-2-5-1-6(5)3-7/h5-7H,1-4H2,(H,13,14). The quantitative estimate of drug-likeness (QED) is 0.733. The molecule has 0 bridgehead atoms. The van der Waals surface area contributed by atoms with E-state index in [4.69, 9.17) is 0 Å². The highest BCUT2D eigenvalue weighted by atomic mass is 19.4. The van der Waals surface area contributed by atoms with Crippen LogP contribution in [0.25, 0.3) is 0 Å². The van der Waals surface area contributed by atoms with Crippen molar-refractivity contribution in [3.05, 3.63) is 0 Å². The molecule has 5 heteroatoms. The third-order valence-electron chi connectivity index (χ3n) is 3.08. The summed E-state index contributed by atoms with van der Waals surface area (Å²) in [4.78, 5) is 11.2. The number of hydrogen-bond acceptors (Lipinski definition) is 1. The summed E-state index contributed by atoms with van der Waals surface area (Å²) in [5, 5.41) is 1.94. The van der Waals surface area contributed by atoms with E-state index in [2.05, 4.69) is 0 Å². The molecule has 2 aliphatic rings. The van der Waals surface area contributed by atoms with E-state index in [1.54, 1.807) is 0 Å². The van der Waals surface area contributed by atoms with Gasteiger partial charge < -0.3 is 5.32 Å². The summed E-state index contributed by atoms with van der Waals surface area (Å²) >= 11 is 0. The van der Waals surface area contributed by atoms with Crippen LogP contribution in [0, 0.1) is 17.8 Å². The molecule has 2 nitrogen and oxygen atoms in total. The molecular weight excluding hydrogens is 195 g/mol. The predicted octanol–water partition coefficient (Wildman–Crippen LogP) is 1.71. The van der Waals surface area contributed by atoms with Crippen molar-refractivity contribution in [1.82, 2.24) is 5.32 Å². The number of amides is 1. The average molecular weight is 207 g/mol. The van der Waals surface area contributed by atoms with E-state index in [0.29, 0.717) is 11.8 Å². The first-order valence-corrected chi connectivity index (χ1v) is 4.80. The minimum absolute atomic E-state index is 0.166. The van der Waals surface area contributed by atoms with E-state index < -0.39 is 18.6 Å². The highest BCUT2D eigenvalue weighted by Crippen LogP contribution is 2.54. The number of fused-ring (bicyclic) bond motifs is 1. The second-order valence-corrected chi connectivity index (χ2v) is 4.26. The van der Waals surface area contributed by atoms with Crippen LogP contribution in [-0.4, -0.2) is 18.6 Å². The molecule has 2 atom stereocenters. The number of carbonyl (C=O) groups is 1. The second-order valence-electron chi connectivity index (χ2n) is 4.26. The van der Waals surface area contributed by atoms with Gasteiger partial charge in [-0.2, -0.15) is 13.2 Å². The Morgan fingerprint density at radius 1 is 1.21 bits per heavy atom. The summed E-state index contributed by atoms with van der Waals surface area (Å²) < 4.78 is 35.3. The fourth-order valence-electron chi connectivity index (χ4n) is 2.26. The lowest BCUT2D eigenvalue weighted by Gasteiger charge is -2.13. The van der Waals surface area contributed by atoms with Gasteiger partial charge in [-0.25, -0.2) is 0 Å². The SMILES string of the molecule is O=C(NCC(F)(F)F)C1CC2CC2C1. The van der Waals surface area contributed by atoms with Crippen LogP contribution < -0.4 is 5.32 Å². The summed E-state index contributed by atoms with van der Waals surface area (Å²) in [6.07, 6.45) is -1.55. The van der Waals surface area contributed by atoms with Crippen molar-refractivity contribution >= 4 is 5.91 Å². The molecular formula is C9H12F3NO. The van der Waals surface area contributed by atoms with E-state index in [-0.39, 0.29) is 5.92 Å². The van der Waals surface area contributed by atoms with E-state index in [1.807, 2.05) is 5.32 Å². The lowest BCUT2D eigenvalue weighted by atomic mass is 10.0. The highest BCUT2D eigenvalue weighted by Gasteiger charge is 2.48. The Labute approximate surface area is 79.9 Å². The van der Waals surface area contributed by atoms with Gasteiger partial charge in [-0.3, -0.25) is 4.79 Å². The Kier molecular flexibility index (Phi) is 2.20. The van der Waals surface area contributed by atoms with Crippen LogP contribution in [0.1, 0.15) is 19.3 Å². The largest absolute Gasteiger partial charge is 0.405 e. The zero-order valence-corrected chi connectivity index (χ0v) is 7.60. The van der Waals surface area contributed by atoms with Crippen molar-refractivity contribution in [2.75, 3.05) is 6.54 Å². The molecule has 0 aromatic rings. The zero-order valence-electron chi connectivity index (χ0n) is 7.60. The van der Waals surface area contributed by atoms with Gasteiger partial charge in [0.05, 0.1) is 0 Å². The smallest absolute Gasteiger partial charge is 0.347 e. The van der Waals surface area contributed by atoms with Crippen LogP contribution in [0.4, 0.5) is 13.2 Å². The maximum atomic E-state index is 11.8. The number of hydrogen-bond donors (Lipinski definition) is 1. The van der Waals surface area contributed by atoms with E-state index in [1.165, 1.54) is 6.42 Å². The number of carbonyl (C=O) groups excluding carboxylic acids is 1. The first-order chi connectivity index (χ1) is 6.46. The molecule has 2 fully saturated rings. The monoisotopic (exact) mass is 207 g/mol. The first kappa shape index (κ1) is 9.80. The summed E-state index contributed by atoms with van der Waals surface area (Å²) in [5.41, 5.74) is 0. The van der Waals surface area contributed by atoms with Gasteiger partial charge in [0.25, 0.3) is 0 Å². The molecule has 0 aliphatic heterocycles. The van der Waals surface area contributed by atoms with Crippen LogP contribution in [0.5, 0.6) is 0 Å². The fraction of sp³-hybridized carbons (Fsp3) is 0.889. The highest BCUT2D eigenvalue weighted by molar-refractivity contribution is 5.79. The Morgan fingerprint density at radius 2 is 1.79 bits per heavy atom. The molecule has 0 heterocycles. The maximum absolute atomic E-state index is 11.8. The summed E-state index contributed by atoms with van der Waals surface area (Å²) in [5.74, 6) is 0.656. The molecule has 0 aromatic carbocycles. The Balaban J connectivity index is 1.73. The fourth-order valence-corrected chi connectivity index (χ4v) is 2.26. The second kappa shape index (κ2) is 3.14. The average Bonchev–Trinajstić information content (AvgIpc) is 2.68. The third-order valence-corrected chi connectivity index (χ3v) is 3.08. The van der Waals surface area contributed by atoms with Gasteiger partial charge in [-0.05, 0) is 31.1 Å². The molecule has 2 rings (SSSR count). The molecule has 80 valence electrons. The molecule has 0 spiro atoms. The van der Waals surface area contributed by atoms with Crippen molar-refractivity contribution in [2.24, 2.45) is 17.8 Å². The predicted molar refractivity (Wildman–Crippen MR) is 43.4 cm³/mol. The summed E-state index contributed by atoms with van der Waals surface area (Å²) in [7, 11) is 0. The molecule has 2 aliphatic carbocycles. The van der Waals surface area contributed by atoms with Crippen LogP contribution in [-0.2, 0) is 4.79 Å². The van der Waals surface area contributed by atoms with Gasteiger partial charge in [-0.15, -0.1) is 0 Å². The topological polar surface area (TPSA) is 29.1 Å². The van der Waals surface area contributed by atoms with Crippen LogP contribution >= 0.6 is 0 Å². The van der Waals surface area contributed by atoms with Gasteiger partial charge in [0.15, 0.2) is 0 Å². The maximum Gasteiger partial charge on any atom is 0.405 e. The Morgan fingerprint density at radius 3 is 2.29 bits per heavy atom. The molecule has 0 radical (unpaired) electrons. The van der Waals surface area contributed by atoms with Gasteiger partial charge in [0.2, 0.25) is 5.91 Å². The van der Waals surface area contributed by atoms with Crippen LogP contribution in [0.15, 0.2) is 0 Å². The molecule has 0 aromatic heterocycles. The van der Waals surface area contributed by atoms with E-state index in [0.717, 1.165) is 12.8 Å². The minimum Gasteiger partial charge on any atom is -0.347 e. The van der Waals surface area contributed by atoms with Crippen molar-refractivity contribution in [2.45, 2.75) is 25.4 Å². The number of rotatable bonds is 2. The van der Waals surface area contributed by atoms with E-state index in [9.17, 15) is 18.0 Å². The van der Waals surface area contributed by atoms with Gasteiger partial charge >= 0.3 is 6.18 Å². The Hall–Kier alpha value is -0.740. The number of halogens is 3. The summed E-state index contributed by atoms with van der Waals surface area (Å²) in [6, 6.07) is 0. The molecule has 1 amide bonds. The lowest BCUT2D eigenvalue weighted by Crippen LogP contribution is -2.37. The van der Waals surface area contributed by atoms with Crippen LogP contribution in [0.3, 0.4) is 0 Å². The number of nitrogens with one attached hydrogen (secondary N) is 1. The minimum atomic E-state index is -4.29. The van der Waals surface area contributed by atoms with Crippen molar-refractivity contribution in [3.8, 4) is 0 Å². The normalized spacial score (nSPS) is 35.2. The van der Waals surface area contributed by atoms with Gasteiger partial charge in [-0.1, -0.05) is 0 Å². The third kappa shape index (κ3) is 2.19. The van der Waals surface area contributed by atoms with Crippen LogP contribution in [0.2, 0.25) is 0 Å². The lowest BCUT2D eigenvalue weighted by molar-refractivity contribution is -0.140. The summed E-state index contributed by atoms with van der Waals surface area (Å²) in [6.45, 7) is -1.20.